The molecule has 1 aromatic heterocycles. The van der Waals surface area contributed by atoms with Crippen molar-refractivity contribution in [3.8, 4) is 17.1 Å². The maximum absolute atomic E-state index is 5.50. The van der Waals surface area contributed by atoms with Crippen LogP contribution in [0.15, 0.2) is 58.2 Å². The highest BCUT2D eigenvalue weighted by molar-refractivity contribution is 9.10. The second-order valence-electron chi connectivity index (χ2n) is 5.42. The monoisotopic (exact) mass is 417 g/mol. The molecule has 2 aromatic carbocycles. The molecule has 0 atom stereocenters. The molecule has 25 heavy (non-hydrogen) atoms. The topological polar surface area (TPSA) is 39.9 Å². The van der Waals surface area contributed by atoms with Gasteiger partial charge in [0.25, 0.3) is 0 Å². The molecule has 1 heterocycles. The fourth-order valence-corrected chi connectivity index (χ4v) is 3.71. The third-order valence-corrected chi connectivity index (χ3v) is 5.30. The average Bonchev–Trinajstić information content (AvgIpc) is 3.05. The Kier molecular flexibility index (Phi) is 6.15. The van der Waals surface area contributed by atoms with E-state index in [1.54, 1.807) is 11.8 Å². The predicted octanol–water partition coefficient (Wildman–Crippen LogP) is 5.42. The highest BCUT2D eigenvalue weighted by atomic mass is 79.9. The summed E-state index contributed by atoms with van der Waals surface area (Å²) in [7, 11) is 0. The number of benzene rings is 2. The van der Waals surface area contributed by atoms with Crippen LogP contribution in [0.3, 0.4) is 0 Å². The van der Waals surface area contributed by atoms with Gasteiger partial charge in [-0.2, -0.15) is 0 Å². The van der Waals surface area contributed by atoms with Gasteiger partial charge >= 0.3 is 0 Å². The summed E-state index contributed by atoms with van der Waals surface area (Å²) < 4.78 is 8.75. The second kappa shape index (κ2) is 8.54. The van der Waals surface area contributed by atoms with Crippen LogP contribution in [-0.4, -0.2) is 21.4 Å². The van der Waals surface area contributed by atoms with Crippen LogP contribution in [0.1, 0.15) is 19.4 Å². The highest BCUT2D eigenvalue weighted by Crippen LogP contribution is 2.27. The Balaban J connectivity index is 1.77. The van der Waals surface area contributed by atoms with Gasteiger partial charge in [0, 0.05) is 22.3 Å². The second-order valence-corrected chi connectivity index (χ2v) is 7.28. The summed E-state index contributed by atoms with van der Waals surface area (Å²) in [6.45, 7) is 5.60. The van der Waals surface area contributed by atoms with E-state index in [2.05, 4.69) is 61.9 Å². The fourth-order valence-electron chi connectivity index (χ4n) is 2.49. The largest absolute Gasteiger partial charge is 0.494 e. The minimum Gasteiger partial charge on any atom is -0.494 e. The van der Waals surface area contributed by atoms with E-state index in [9.17, 15) is 0 Å². The van der Waals surface area contributed by atoms with Gasteiger partial charge in [-0.25, -0.2) is 0 Å². The summed E-state index contributed by atoms with van der Waals surface area (Å²) in [6.07, 6.45) is 0. The first-order valence-electron chi connectivity index (χ1n) is 8.25. The van der Waals surface area contributed by atoms with Crippen molar-refractivity contribution in [2.45, 2.75) is 31.3 Å². The lowest BCUT2D eigenvalue weighted by Gasteiger charge is -2.08. The van der Waals surface area contributed by atoms with Crippen LogP contribution in [0.5, 0.6) is 5.75 Å². The molecule has 3 rings (SSSR count). The number of aromatic nitrogens is 3. The molecule has 0 spiro atoms. The molecule has 0 bridgehead atoms. The Labute approximate surface area is 160 Å². The minimum absolute atomic E-state index is 0.668. The number of thioether (sulfide) groups is 1. The van der Waals surface area contributed by atoms with Gasteiger partial charge in [-0.1, -0.05) is 39.8 Å². The van der Waals surface area contributed by atoms with Crippen molar-refractivity contribution in [3.63, 3.8) is 0 Å². The normalized spacial score (nSPS) is 10.8. The number of hydrogen-bond acceptors (Lipinski definition) is 4. The average molecular weight is 418 g/mol. The van der Waals surface area contributed by atoms with Gasteiger partial charge in [-0.15, -0.1) is 10.2 Å². The Morgan fingerprint density at radius 2 is 1.72 bits per heavy atom. The van der Waals surface area contributed by atoms with Gasteiger partial charge in [0.1, 0.15) is 5.75 Å². The van der Waals surface area contributed by atoms with Crippen LogP contribution >= 0.6 is 27.7 Å². The molecule has 4 nitrogen and oxygen atoms in total. The van der Waals surface area contributed by atoms with Gasteiger partial charge in [0.15, 0.2) is 11.0 Å². The molecule has 0 aliphatic heterocycles. The Bertz CT molecular complexity index is 816. The zero-order valence-corrected chi connectivity index (χ0v) is 16.7. The summed E-state index contributed by atoms with van der Waals surface area (Å²) >= 11 is 5.17. The first kappa shape index (κ1) is 18.0. The van der Waals surface area contributed by atoms with Gasteiger partial charge in [0.2, 0.25) is 0 Å². The Morgan fingerprint density at radius 3 is 2.36 bits per heavy atom. The highest BCUT2D eigenvalue weighted by Gasteiger charge is 2.13. The van der Waals surface area contributed by atoms with Crippen LogP contribution in [0.2, 0.25) is 0 Å². The smallest absolute Gasteiger partial charge is 0.191 e. The number of nitrogens with zero attached hydrogens (tertiary/aromatic N) is 3. The molecule has 0 aliphatic carbocycles. The minimum atomic E-state index is 0.668. The van der Waals surface area contributed by atoms with Gasteiger partial charge in [-0.3, -0.25) is 0 Å². The molecule has 0 N–H and O–H groups in total. The van der Waals surface area contributed by atoms with E-state index >= 15 is 0 Å². The van der Waals surface area contributed by atoms with E-state index in [1.165, 1.54) is 5.56 Å². The van der Waals surface area contributed by atoms with Crippen molar-refractivity contribution in [1.29, 1.82) is 0 Å². The molecule has 0 amide bonds. The Morgan fingerprint density at radius 1 is 1.00 bits per heavy atom. The lowest BCUT2D eigenvalue weighted by atomic mass is 10.2. The van der Waals surface area contributed by atoms with Crippen molar-refractivity contribution in [2.24, 2.45) is 0 Å². The van der Waals surface area contributed by atoms with E-state index in [-0.39, 0.29) is 0 Å². The van der Waals surface area contributed by atoms with Crippen LogP contribution in [0.4, 0.5) is 0 Å². The lowest BCUT2D eigenvalue weighted by molar-refractivity contribution is 0.340. The van der Waals surface area contributed by atoms with E-state index in [0.29, 0.717) is 6.61 Å². The van der Waals surface area contributed by atoms with Crippen molar-refractivity contribution in [2.75, 3.05) is 6.61 Å². The van der Waals surface area contributed by atoms with Crippen LogP contribution < -0.4 is 4.74 Å². The molecule has 0 unspecified atom stereocenters. The molecule has 6 heteroatoms. The molecule has 0 saturated heterocycles. The number of hydrogen-bond donors (Lipinski definition) is 0. The van der Waals surface area contributed by atoms with Crippen LogP contribution in [0.25, 0.3) is 11.4 Å². The maximum Gasteiger partial charge on any atom is 0.191 e. The standard InChI is InChI=1S/C19H20BrN3OS/c1-3-23-18(15-7-11-17(12-8-15)24-4-2)21-22-19(23)25-13-14-5-9-16(20)10-6-14/h5-12H,3-4,13H2,1-2H3. The fraction of sp³-hybridized carbons (Fsp3) is 0.263. The zero-order chi connectivity index (χ0) is 17.6. The SMILES string of the molecule is CCOc1ccc(-c2nnc(SCc3ccc(Br)cc3)n2CC)cc1. The van der Waals surface area contributed by atoms with Gasteiger partial charge in [-0.05, 0) is 55.8 Å². The van der Waals surface area contributed by atoms with Gasteiger partial charge < -0.3 is 9.30 Å². The number of ether oxygens (including phenoxy) is 1. The molecule has 3 aromatic rings. The maximum atomic E-state index is 5.50. The third-order valence-electron chi connectivity index (χ3n) is 3.74. The van der Waals surface area contributed by atoms with E-state index in [1.807, 2.05) is 31.2 Å². The van der Waals surface area contributed by atoms with Crippen molar-refractivity contribution in [1.82, 2.24) is 14.8 Å². The number of halogens is 1. The summed E-state index contributed by atoms with van der Waals surface area (Å²) in [6, 6.07) is 16.4. The number of rotatable bonds is 7. The molecule has 0 aliphatic rings. The van der Waals surface area contributed by atoms with Crippen molar-refractivity contribution in [3.05, 3.63) is 58.6 Å². The molecule has 0 fully saturated rings. The summed E-state index contributed by atoms with van der Waals surface area (Å²) in [5.41, 5.74) is 2.31. The van der Waals surface area contributed by atoms with E-state index < -0.39 is 0 Å². The van der Waals surface area contributed by atoms with Crippen molar-refractivity contribution >= 4 is 27.7 Å². The first-order chi connectivity index (χ1) is 12.2. The molecule has 0 saturated carbocycles. The van der Waals surface area contributed by atoms with E-state index in [0.717, 1.165) is 39.1 Å². The first-order valence-corrected chi connectivity index (χ1v) is 10.0. The summed E-state index contributed by atoms with van der Waals surface area (Å²) in [5, 5.41) is 9.73. The molecular weight excluding hydrogens is 398 g/mol. The summed E-state index contributed by atoms with van der Waals surface area (Å²) in [4.78, 5) is 0. The molecule has 0 radical (unpaired) electrons. The van der Waals surface area contributed by atoms with Crippen LogP contribution in [-0.2, 0) is 12.3 Å². The van der Waals surface area contributed by atoms with Crippen LogP contribution in [0, 0.1) is 0 Å². The quantitative estimate of drug-likeness (QED) is 0.481. The van der Waals surface area contributed by atoms with E-state index in [4.69, 9.17) is 4.74 Å². The molecular formula is C19H20BrN3OS. The summed E-state index contributed by atoms with van der Waals surface area (Å²) in [5.74, 6) is 2.64. The zero-order valence-electron chi connectivity index (χ0n) is 14.3. The molecule has 130 valence electrons. The predicted molar refractivity (Wildman–Crippen MR) is 106 cm³/mol. The Hall–Kier alpha value is -1.79. The van der Waals surface area contributed by atoms with Gasteiger partial charge in [0.05, 0.1) is 6.61 Å². The lowest BCUT2D eigenvalue weighted by Crippen LogP contribution is -2.00. The third kappa shape index (κ3) is 4.44. The van der Waals surface area contributed by atoms with Crippen molar-refractivity contribution < 1.29 is 4.74 Å².